The van der Waals surface area contributed by atoms with Gasteiger partial charge in [0.25, 0.3) is 0 Å². The summed E-state index contributed by atoms with van der Waals surface area (Å²) in [7, 11) is 1.42. The summed E-state index contributed by atoms with van der Waals surface area (Å²) in [5.41, 5.74) is 1.81. The van der Waals surface area contributed by atoms with E-state index in [0.29, 0.717) is 16.9 Å². The zero-order valence-electron chi connectivity index (χ0n) is 11.8. The van der Waals surface area contributed by atoms with Crippen molar-refractivity contribution in [2.45, 2.75) is 11.8 Å². The van der Waals surface area contributed by atoms with Crippen LogP contribution in [0.1, 0.15) is 12.5 Å². The third kappa shape index (κ3) is 3.47. The number of thioether (sulfide) groups is 1. The van der Waals surface area contributed by atoms with Crippen molar-refractivity contribution in [2.24, 2.45) is 0 Å². The van der Waals surface area contributed by atoms with Gasteiger partial charge in [0.2, 0.25) is 0 Å². The van der Waals surface area contributed by atoms with Gasteiger partial charge in [-0.1, -0.05) is 13.0 Å². The van der Waals surface area contributed by atoms with Gasteiger partial charge in [0, 0.05) is 16.6 Å². The maximum absolute atomic E-state index is 13.7. The molecule has 0 spiro atoms. The standard InChI is InChI=1S/C16H15FN2OS/c1-3-21-16-6-4-5-14(12(16)10-18)19-11-7-8-15(20-2)13(17)9-11/h4-9,19H,3H2,1-2H3. The van der Waals surface area contributed by atoms with E-state index in [0.717, 1.165) is 10.6 Å². The van der Waals surface area contributed by atoms with Crippen molar-refractivity contribution in [3.8, 4) is 11.8 Å². The molecule has 0 aliphatic rings. The molecule has 0 saturated heterocycles. The molecule has 0 aliphatic carbocycles. The van der Waals surface area contributed by atoms with Gasteiger partial charge in [0.1, 0.15) is 6.07 Å². The number of halogens is 1. The molecule has 0 atom stereocenters. The topological polar surface area (TPSA) is 45.0 Å². The Labute approximate surface area is 127 Å². The first-order valence-electron chi connectivity index (χ1n) is 6.46. The third-order valence-corrected chi connectivity index (χ3v) is 3.81. The van der Waals surface area contributed by atoms with Crippen molar-refractivity contribution in [3.05, 3.63) is 47.8 Å². The molecule has 2 aromatic rings. The van der Waals surface area contributed by atoms with Gasteiger partial charge in [0.05, 0.1) is 18.4 Å². The van der Waals surface area contributed by atoms with Gasteiger partial charge in [-0.3, -0.25) is 0 Å². The molecule has 0 unspecified atom stereocenters. The number of hydrogen-bond donors (Lipinski definition) is 1. The maximum Gasteiger partial charge on any atom is 0.167 e. The highest BCUT2D eigenvalue weighted by atomic mass is 32.2. The number of nitriles is 1. The van der Waals surface area contributed by atoms with Crippen LogP contribution in [0.2, 0.25) is 0 Å². The summed E-state index contributed by atoms with van der Waals surface area (Å²) in [6.07, 6.45) is 0. The number of nitrogens with zero attached hydrogens (tertiary/aromatic N) is 1. The summed E-state index contributed by atoms with van der Waals surface area (Å²) in [6, 6.07) is 12.4. The molecule has 2 rings (SSSR count). The molecule has 21 heavy (non-hydrogen) atoms. The van der Waals surface area contributed by atoms with E-state index in [9.17, 15) is 9.65 Å². The second-order valence-electron chi connectivity index (χ2n) is 4.20. The molecule has 0 aromatic heterocycles. The number of nitrogens with one attached hydrogen (secondary N) is 1. The quantitative estimate of drug-likeness (QED) is 0.822. The molecule has 0 radical (unpaired) electrons. The lowest BCUT2D eigenvalue weighted by Gasteiger charge is -2.12. The lowest BCUT2D eigenvalue weighted by Crippen LogP contribution is -1.97. The highest BCUT2D eigenvalue weighted by molar-refractivity contribution is 7.99. The first-order chi connectivity index (χ1) is 10.2. The van der Waals surface area contributed by atoms with Crippen LogP contribution in [0.3, 0.4) is 0 Å². The summed E-state index contributed by atoms with van der Waals surface area (Å²) >= 11 is 1.60. The van der Waals surface area contributed by atoms with Crippen LogP contribution in [0.5, 0.6) is 5.75 Å². The van der Waals surface area contributed by atoms with E-state index in [1.165, 1.54) is 13.2 Å². The molecule has 0 fully saturated rings. The maximum atomic E-state index is 13.7. The lowest BCUT2D eigenvalue weighted by molar-refractivity contribution is 0.386. The highest BCUT2D eigenvalue weighted by Gasteiger charge is 2.09. The van der Waals surface area contributed by atoms with E-state index in [-0.39, 0.29) is 5.75 Å². The first kappa shape index (κ1) is 15.2. The smallest absolute Gasteiger partial charge is 0.167 e. The molecule has 0 bridgehead atoms. The first-order valence-corrected chi connectivity index (χ1v) is 7.44. The van der Waals surface area contributed by atoms with Crippen molar-refractivity contribution in [1.82, 2.24) is 0 Å². The summed E-state index contributed by atoms with van der Waals surface area (Å²) in [5, 5.41) is 12.4. The largest absolute Gasteiger partial charge is 0.494 e. The summed E-state index contributed by atoms with van der Waals surface area (Å²) in [5.74, 6) is 0.631. The monoisotopic (exact) mass is 302 g/mol. The number of anilines is 2. The fraction of sp³-hybridized carbons (Fsp3) is 0.188. The zero-order valence-corrected chi connectivity index (χ0v) is 12.6. The normalized spacial score (nSPS) is 10.0. The average molecular weight is 302 g/mol. The minimum absolute atomic E-state index is 0.191. The van der Waals surface area contributed by atoms with Gasteiger partial charge in [-0.2, -0.15) is 5.26 Å². The third-order valence-electron chi connectivity index (χ3n) is 2.87. The van der Waals surface area contributed by atoms with Gasteiger partial charge in [0.15, 0.2) is 11.6 Å². The van der Waals surface area contributed by atoms with Crippen LogP contribution < -0.4 is 10.1 Å². The van der Waals surface area contributed by atoms with Crippen LogP contribution >= 0.6 is 11.8 Å². The van der Waals surface area contributed by atoms with Crippen molar-refractivity contribution in [2.75, 3.05) is 18.2 Å². The fourth-order valence-corrected chi connectivity index (χ4v) is 2.71. The molecule has 0 amide bonds. The van der Waals surface area contributed by atoms with Gasteiger partial charge in [-0.05, 0) is 30.0 Å². The Balaban J connectivity index is 2.33. The molecule has 5 heteroatoms. The van der Waals surface area contributed by atoms with Gasteiger partial charge >= 0.3 is 0 Å². The minimum atomic E-state index is -0.444. The summed E-state index contributed by atoms with van der Waals surface area (Å²) in [4.78, 5) is 0.916. The van der Waals surface area contributed by atoms with E-state index in [1.807, 2.05) is 19.1 Å². The highest BCUT2D eigenvalue weighted by Crippen LogP contribution is 2.30. The number of methoxy groups -OCH3 is 1. The van der Waals surface area contributed by atoms with Crippen molar-refractivity contribution < 1.29 is 9.13 Å². The summed E-state index contributed by atoms with van der Waals surface area (Å²) in [6.45, 7) is 2.03. The Morgan fingerprint density at radius 2 is 2.14 bits per heavy atom. The zero-order chi connectivity index (χ0) is 15.2. The van der Waals surface area contributed by atoms with E-state index >= 15 is 0 Å². The van der Waals surface area contributed by atoms with Crippen LogP contribution in [0.4, 0.5) is 15.8 Å². The molecule has 3 nitrogen and oxygen atoms in total. The predicted octanol–water partition coefficient (Wildman–Crippen LogP) is 4.56. The Bertz CT molecular complexity index is 682. The lowest BCUT2D eigenvalue weighted by atomic mass is 10.2. The van der Waals surface area contributed by atoms with Gasteiger partial charge in [-0.15, -0.1) is 11.8 Å². The van der Waals surface area contributed by atoms with E-state index in [4.69, 9.17) is 4.74 Å². The van der Waals surface area contributed by atoms with Gasteiger partial charge in [-0.25, -0.2) is 4.39 Å². The Morgan fingerprint density at radius 3 is 2.76 bits per heavy atom. The van der Waals surface area contributed by atoms with Crippen molar-refractivity contribution >= 4 is 23.1 Å². The number of ether oxygens (including phenoxy) is 1. The molecular weight excluding hydrogens is 287 g/mol. The van der Waals surface area contributed by atoms with E-state index < -0.39 is 5.82 Å². The Hall–Kier alpha value is -2.19. The molecule has 108 valence electrons. The molecule has 0 heterocycles. The molecule has 0 saturated carbocycles. The Morgan fingerprint density at radius 1 is 1.33 bits per heavy atom. The SMILES string of the molecule is CCSc1cccc(Nc2ccc(OC)c(F)c2)c1C#N. The Kier molecular flexibility index (Phi) is 5.07. The number of benzene rings is 2. The second kappa shape index (κ2) is 7.00. The van der Waals surface area contributed by atoms with Crippen LogP contribution in [-0.2, 0) is 0 Å². The summed E-state index contributed by atoms with van der Waals surface area (Å²) < 4.78 is 18.6. The minimum Gasteiger partial charge on any atom is -0.494 e. The number of rotatable bonds is 5. The van der Waals surface area contributed by atoms with Crippen LogP contribution in [0.25, 0.3) is 0 Å². The molecule has 1 N–H and O–H groups in total. The molecule has 0 aliphatic heterocycles. The number of hydrogen-bond acceptors (Lipinski definition) is 4. The predicted molar refractivity (Wildman–Crippen MR) is 83.8 cm³/mol. The van der Waals surface area contributed by atoms with Crippen molar-refractivity contribution in [3.63, 3.8) is 0 Å². The van der Waals surface area contributed by atoms with Gasteiger partial charge < -0.3 is 10.1 Å². The van der Waals surface area contributed by atoms with Crippen molar-refractivity contribution in [1.29, 1.82) is 5.26 Å². The van der Waals surface area contributed by atoms with E-state index in [2.05, 4.69) is 11.4 Å². The molecular formula is C16H15FN2OS. The second-order valence-corrected chi connectivity index (χ2v) is 5.50. The van der Waals surface area contributed by atoms with Crippen LogP contribution in [-0.4, -0.2) is 12.9 Å². The van der Waals surface area contributed by atoms with E-state index in [1.54, 1.807) is 30.0 Å². The average Bonchev–Trinajstić information content (AvgIpc) is 2.48. The van der Waals surface area contributed by atoms with Crippen LogP contribution in [0, 0.1) is 17.1 Å². The fourth-order valence-electron chi connectivity index (χ4n) is 1.93. The molecule has 2 aromatic carbocycles. The van der Waals surface area contributed by atoms with Crippen LogP contribution in [0.15, 0.2) is 41.3 Å².